The lowest BCUT2D eigenvalue weighted by Crippen LogP contribution is -2.30. The zero-order valence-corrected chi connectivity index (χ0v) is 13.0. The smallest absolute Gasteiger partial charge is 0.337 e. The number of unbranched alkanes of at least 4 members (excludes halogenated alkanes) is 1. The Labute approximate surface area is 131 Å². The summed E-state index contributed by atoms with van der Waals surface area (Å²) in [7, 11) is 0. The average Bonchev–Trinajstić information content (AvgIpc) is 2.92. The van der Waals surface area contributed by atoms with Crippen molar-refractivity contribution < 1.29 is 9.90 Å². The summed E-state index contributed by atoms with van der Waals surface area (Å²) in [6.45, 7) is 4.55. The number of carbonyl (C=O) groups is 1. The van der Waals surface area contributed by atoms with Crippen LogP contribution in [0.5, 0.6) is 0 Å². The predicted octanol–water partition coefficient (Wildman–Crippen LogP) is 3.61. The molecule has 0 radical (unpaired) electrons. The van der Waals surface area contributed by atoms with E-state index < -0.39 is 5.97 Å². The number of para-hydroxylation sites is 1. The third-order valence-electron chi connectivity index (χ3n) is 4.59. The van der Waals surface area contributed by atoms with Crippen molar-refractivity contribution in [3.05, 3.63) is 36.0 Å². The van der Waals surface area contributed by atoms with E-state index in [-0.39, 0.29) is 0 Å². The number of hydrogen-bond acceptors (Lipinski definition) is 2. The molecule has 0 atom stereocenters. The minimum Gasteiger partial charge on any atom is -0.478 e. The van der Waals surface area contributed by atoms with E-state index in [0.717, 1.165) is 23.9 Å². The highest BCUT2D eigenvalue weighted by Crippen LogP contribution is 2.22. The number of nitrogens with zero attached hydrogens (tertiary/aromatic N) is 2. The second kappa shape index (κ2) is 6.97. The van der Waals surface area contributed by atoms with Crippen molar-refractivity contribution in [1.29, 1.82) is 0 Å². The summed E-state index contributed by atoms with van der Waals surface area (Å²) < 4.78 is 2.09. The molecule has 4 heteroatoms. The Morgan fingerprint density at radius 3 is 2.55 bits per heavy atom. The van der Waals surface area contributed by atoms with Crippen LogP contribution in [0.15, 0.2) is 30.5 Å². The van der Waals surface area contributed by atoms with E-state index in [1.165, 1.54) is 45.3 Å². The van der Waals surface area contributed by atoms with Crippen LogP contribution in [0.3, 0.4) is 0 Å². The van der Waals surface area contributed by atoms with Gasteiger partial charge in [-0.15, -0.1) is 0 Å². The Morgan fingerprint density at radius 2 is 1.77 bits per heavy atom. The summed E-state index contributed by atoms with van der Waals surface area (Å²) in [5.41, 5.74) is 1.43. The zero-order valence-electron chi connectivity index (χ0n) is 13.0. The van der Waals surface area contributed by atoms with E-state index >= 15 is 0 Å². The molecule has 0 saturated carbocycles. The number of benzene rings is 1. The van der Waals surface area contributed by atoms with Crippen LogP contribution < -0.4 is 0 Å². The van der Waals surface area contributed by atoms with Crippen molar-refractivity contribution in [3.8, 4) is 0 Å². The summed E-state index contributed by atoms with van der Waals surface area (Å²) in [4.78, 5) is 13.9. The van der Waals surface area contributed by atoms with Gasteiger partial charge in [0, 0.05) is 23.6 Å². The molecule has 3 rings (SSSR count). The predicted molar refractivity (Wildman–Crippen MR) is 88.4 cm³/mol. The summed E-state index contributed by atoms with van der Waals surface area (Å²) >= 11 is 0. The van der Waals surface area contributed by atoms with E-state index in [4.69, 9.17) is 0 Å². The highest BCUT2D eigenvalue weighted by molar-refractivity contribution is 6.03. The lowest BCUT2D eigenvalue weighted by atomic mass is 10.1. The Bertz CT molecular complexity index is 642. The van der Waals surface area contributed by atoms with E-state index in [2.05, 4.69) is 9.47 Å². The van der Waals surface area contributed by atoms with Crippen LogP contribution in [0.1, 0.15) is 42.5 Å². The molecule has 4 nitrogen and oxygen atoms in total. The summed E-state index contributed by atoms with van der Waals surface area (Å²) in [6, 6.07) is 7.77. The second-order valence-corrected chi connectivity index (χ2v) is 6.17. The fourth-order valence-electron chi connectivity index (χ4n) is 3.40. The molecule has 1 saturated heterocycles. The van der Waals surface area contributed by atoms with Gasteiger partial charge in [0.25, 0.3) is 0 Å². The number of carboxylic acids is 1. The molecule has 0 amide bonds. The van der Waals surface area contributed by atoms with Crippen LogP contribution in [-0.4, -0.2) is 40.2 Å². The van der Waals surface area contributed by atoms with Crippen LogP contribution in [0.25, 0.3) is 10.9 Å². The van der Waals surface area contributed by atoms with Gasteiger partial charge in [0.2, 0.25) is 0 Å². The molecule has 1 N–H and O–H groups in total. The lowest BCUT2D eigenvalue weighted by Gasteiger charge is -2.26. The maximum atomic E-state index is 11.3. The third-order valence-corrected chi connectivity index (χ3v) is 4.59. The maximum Gasteiger partial charge on any atom is 0.337 e. The number of rotatable bonds is 6. The number of fused-ring (bicyclic) bond motifs is 1. The molecule has 1 aromatic heterocycles. The Morgan fingerprint density at radius 1 is 1.05 bits per heavy atom. The molecule has 1 aliphatic rings. The van der Waals surface area contributed by atoms with Gasteiger partial charge in [-0.05, 0) is 51.4 Å². The summed E-state index contributed by atoms with van der Waals surface area (Å²) in [5.74, 6) is -0.844. The molecule has 0 unspecified atom stereocenters. The van der Waals surface area contributed by atoms with Crippen LogP contribution in [-0.2, 0) is 6.54 Å². The molecule has 0 spiro atoms. The molecule has 22 heavy (non-hydrogen) atoms. The van der Waals surface area contributed by atoms with Gasteiger partial charge in [-0.2, -0.15) is 0 Å². The summed E-state index contributed by atoms with van der Waals surface area (Å²) in [6.07, 6.45) is 8.11. The molecule has 118 valence electrons. The van der Waals surface area contributed by atoms with E-state index in [0.29, 0.717) is 5.56 Å². The zero-order chi connectivity index (χ0) is 15.4. The van der Waals surface area contributed by atoms with Crippen LogP contribution in [0.2, 0.25) is 0 Å². The van der Waals surface area contributed by atoms with E-state index in [1.54, 1.807) is 6.20 Å². The first-order valence-electron chi connectivity index (χ1n) is 8.29. The van der Waals surface area contributed by atoms with Gasteiger partial charge in [0.1, 0.15) is 0 Å². The van der Waals surface area contributed by atoms with Gasteiger partial charge in [0.05, 0.1) is 5.56 Å². The molecule has 1 aromatic carbocycles. The van der Waals surface area contributed by atoms with E-state index in [9.17, 15) is 9.90 Å². The lowest BCUT2D eigenvalue weighted by molar-refractivity contribution is 0.0699. The number of likely N-dealkylation sites (tertiary alicyclic amines) is 1. The number of aryl methyl sites for hydroxylation is 1. The van der Waals surface area contributed by atoms with E-state index in [1.807, 2.05) is 24.3 Å². The van der Waals surface area contributed by atoms with Gasteiger partial charge >= 0.3 is 5.97 Å². The monoisotopic (exact) mass is 300 g/mol. The van der Waals surface area contributed by atoms with Gasteiger partial charge in [-0.25, -0.2) is 4.79 Å². The topological polar surface area (TPSA) is 45.5 Å². The first-order chi connectivity index (χ1) is 10.8. The highest BCUT2D eigenvalue weighted by Gasteiger charge is 2.13. The number of hydrogen-bond donors (Lipinski definition) is 1. The average molecular weight is 300 g/mol. The summed E-state index contributed by atoms with van der Waals surface area (Å²) in [5, 5.41) is 10.2. The molecular weight excluding hydrogens is 276 g/mol. The van der Waals surface area contributed by atoms with Gasteiger partial charge in [-0.1, -0.05) is 24.6 Å². The molecular formula is C18H24N2O2. The normalized spacial score (nSPS) is 16.2. The third kappa shape index (κ3) is 3.33. The van der Waals surface area contributed by atoms with Gasteiger partial charge in [-0.3, -0.25) is 0 Å². The van der Waals surface area contributed by atoms with Crippen LogP contribution in [0, 0.1) is 0 Å². The molecule has 1 aliphatic heterocycles. The van der Waals surface area contributed by atoms with Crippen LogP contribution >= 0.6 is 0 Å². The minimum absolute atomic E-state index is 0.409. The Kier molecular flexibility index (Phi) is 4.78. The number of aromatic carboxylic acids is 1. The molecule has 0 bridgehead atoms. The van der Waals surface area contributed by atoms with Crippen LogP contribution in [0.4, 0.5) is 0 Å². The standard InChI is InChI=1S/C18H24N2O2/c21-18(22)16-14-20(17-9-3-2-8-15(16)17)13-7-6-12-19-10-4-1-5-11-19/h2-3,8-9,14H,1,4-7,10-13H2,(H,21,22). The first-order valence-corrected chi connectivity index (χ1v) is 8.29. The highest BCUT2D eigenvalue weighted by atomic mass is 16.4. The van der Waals surface area contributed by atoms with Gasteiger partial charge < -0.3 is 14.6 Å². The molecule has 0 aliphatic carbocycles. The molecule has 2 heterocycles. The van der Waals surface area contributed by atoms with Crippen molar-refractivity contribution in [2.24, 2.45) is 0 Å². The molecule has 2 aromatic rings. The fourth-order valence-corrected chi connectivity index (χ4v) is 3.40. The van der Waals surface area contributed by atoms with Crippen molar-refractivity contribution in [3.63, 3.8) is 0 Å². The maximum absolute atomic E-state index is 11.3. The quantitative estimate of drug-likeness (QED) is 0.829. The fraction of sp³-hybridized carbons (Fsp3) is 0.500. The van der Waals surface area contributed by atoms with Gasteiger partial charge in [0.15, 0.2) is 0 Å². The molecule has 1 fully saturated rings. The number of piperidine rings is 1. The Balaban J connectivity index is 1.60. The van der Waals surface area contributed by atoms with Crippen molar-refractivity contribution in [2.45, 2.75) is 38.6 Å². The largest absolute Gasteiger partial charge is 0.478 e. The Hall–Kier alpha value is -1.81. The first kappa shape index (κ1) is 15.1. The van der Waals surface area contributed by atoms with Crippen molar-refractivity contribution in [1.82, 2.24) is 9.47 Å². The number of carboxylic acid groups (broad SMARTS) is 1. The number of aromatic nitrogens is 1. The van der Waals surface area contributed by atoms with Crippen molar-refractivity contribution in [2.75, 3.05) is 19.6 Å². The SMILES string of the molecule is O=C(O)c1cn(CCCCN2CCCCC2)c2ccccc12. The minimum atomic E-state index is -0.844. The van der Waals surface area contributed by atoms with Crippen molar-refractivity contribution >= 4 is 16.9 Å². The second-order valence-electron chi connectivity index (χ2n) is 6.17.